The zero-order valence-electron chi connectivity index (χ0n) is 17.4. The zero-order chi connectivity index (χ0) is 21.4. The van der Waals surface area contributed by atoms with Gasteiger partial charge in [0.1, 0.15) is 5.82 Å². The van der Waals surface area contributed by atoms with E-state index in [0.29, 0.717) is 37.8 Å². The van der Waals surface area contributed by atoms with Crippen molar-refractivity contribution in [2.45, 2.75) is 12.8 Å². The fourth-order valence-corrected chi connectivity index (χ4v) is 3.84. The lowest BCUT2D eigenvalue weighted by molar-refractivity contribution is -0.117. The van der Waals surface area contributed by atoms with Gasteiger partial charge in [-0.3, -0.25) is 15.0 Å². The summed E-state index contributed by atoms with van der Waals surface area (Å²) in [5.74, 6) is 1.33. The first-order chi connectivity index (χ1) is 15.1. The number of fused-ring (bicyclic) bond motifs is 1. The van der Waals surface area contributed by atoms with Crippen LogP contribution >= 0.6 is 0 Å². The van der Waals surface area contributed by atoms with Crippen LogP contribution in [-0.4, -0.2) is 64.7 Å². The lowest BCUT2D eigenvalue weighted by Gasteiger charge is -2.37. The number of amides is 3. The molecule has 0 bridgehead atoms. The number of nitrogens with zero attached hydrogens (tertiary/aromatic N) is 6. The Morgan fingerprint density at radius 1 is 1.00 bits per heavy atom. The Labute approximate surface area is 180 Å². The molecule has 1 aliphatic carbocycles. The molecule has 0 spiro atoms. The topological polar surface area (TPSA) is 86.1 Å². The molecular weight excluding hydrogens is 394 g/mol. The van der Waals surface area contributed by atoms with E-state index in [9.17, 15) is 9.59 Å². The molecule has 2 aliphatic rings. The summed E-state index contributed by atoms with van der Waals surface area (Å²) < 4.78 is 1.76. The third-order valence-corrected chi connectivity index (χ3v) is 5.83. The molecule has 0 atom stereocenters. The molecular formula is C22H25N7O2. The number of nitrogens with one attached hydrogen (secondary N) is 1. The van der Waals surface area contributed by atoms with Gasteiger partial charge in [-0.25, -0.2) is 4.79 Å². The lowest BCUT2D eigenvalue weighted by Crippen LogP contribution is -2.52. The molecule has 2 aromatic heterocycles. The van der Waals surface area contributed by atoms with Crippen molar-refractivity contribution in [3.05, 3.63) is 48.5 Å². The van der Waals surface area contributed by atoms with Crippen LogP contribution in [0.25, 0.3) is 5.65 Å². The summed E-state index contributed by atoms with van der Waals surface area (Å²) in [6, 6.07) is 15.4. The average Bonchev–Trinajstić information content (AvgIpc) is 3.58. The number of anilines is 3. The van der Waals surface area contributed by atoms with Crippen LogP contribution in [0.15, 0.2) is 48.5 Å². The molecule has 3 aromatic rings. The van der Waals surface area contributed by atoms with E-state index in [-0.39, 0.29) is 17.9 Å². The van der Waals surface area contributed by atoms with Crippen LogP contribution in [0, 0.1) is 5.92 Å². The number of urea groups is 1. The van der Waals surface area contributed by atoms with Crippen molar-refractivity contribution in [3.8, 4) is 0 Å². The molecule has 31 heavy (non-hydrogen) atoms. The van der Waals surface area contributed by atoms with Crippen LogP contribution in [0.3, 0.4) is 0 Å². The molecule has 0 unspecified atom stereocenters. The summed E-state index contributed by atoms with van der Waals surface area (Å²) in [5, 5.41) is 7.32. The fraction of sp³-hybridized carbons (Fsp3) is 0.364. The highest BCUT2D eigenvalue weighted by atomic mass is 16.2. The van der Waals surface area contributed by atoms with Crippen molar-refractivity contribution in [1.82, 2.24) is 19.5 Å². The SMILES string of the molecule is CN(C(=O)N1CCN(c2cccc3nc(NC(=O)C4CC4)nn23)CC1)c1ccccc1. The number of benzene rings is 1. The number of hydrogen-bond donors (Lipinski definition) is 1. The molecule has 5 rings (SSSR count). The Hall–Kier alpha value is -3.62. The Bertz CT molecular complexity index is 1100. The van der Waals surface area contributed by atoms with Crippen LogP contribution in [-0.2, 0) is 4.79 Å². The van der Waals surface area contributed by atoms with Crippen molar-refractivity contribution < 1.29 is 9.59 Å². The molecule has 0 radical (unpaired) electrons. The van der Waals surface area contributed by atoms with Gasteiger partial charge in [-0.2, -0.15) is 9.50 Å². The fourth-order valence-electron chi connectivity index (χ4n) is 3.84. The third-order valence-electron chi connectivity index (χ3n) is 5.83. The number of carbonyl (C=O) groups excluding carboxylic acids is 2. The van der Waals surface area contributed by atoms with Crippen LogP contribution in [0.1, 0.15) is 12.8 Å². The van der Waals surface area contributed by atoms with E-state index in [1.54, 1.807) is 16.5 Å². The van der Waals surface area contributed by atoms with Crippen molar-refractivity contribution in [2.75, 3.05) is 48.3 Å². The summed E-state index contributed by atoms with van der Waals surface area (Å²) >= 11 is 0. The van der Waals surface area contributed by atoms with Crippen LogP contribution < -0.4 is 15.1 Å². The van der Waals surface area contributed by atoms with Crippen molar-refractivity contribution in [2.24, 2.45) is 5.92 Å². The second kappa shape index (κ2) is 7.90. The maximum atomic E-state index is 12.9. The Balaban J connectivity index is 1.27. The molecule has 3 amide bonds. The molecule has 9 heteroatoms. The smallest absolute Gasteiger partial charge is 0.324 e. The summed E-state index contributed by atoms with van der Waals surface area (Å²) in [6.07, 6.45) is 1.87. The molecule has 1 aromatic carbocycles. The number of aromatic nitrogens is 3. The lowest BCUT2D eigenvalue weighted by atomic mass is 10.3. The highest BCUT2D eigenvalue weighted by Crippen LogP contribution is 2.30. The predicted octanol–water partition coefficient (Wildman–Crippen LogP) is 2.46. The Morgan fingerprint density at radius 3 is 2.45 bits per heavy atom. The predicted molar refractivity (Wildman–Crippen MR) is 118 cm³/mol. The number of piperazine rings is 1. The van der Waals surface area contributed by atoms with Gasteiger partial charge in [-0.05, 0) is 37.1 Å². The summed E-state index contributed by atoms with van der Waals surface area (Å²) in [4.78, 5) is 35.1. The van der Waals surface area contributed by atoms with Gasteiger partial charge in [0.2, 0.25) is 11.9 Å². The largest absolute Gasteiger partial charge is 0.353 e. The molecule has 160 valence electrons. The normalized spacial score (nSPS) is 16.4. The van der Waals surface area contributed by atoms with Gasteiger partial charge in [0.25, 0.3) is 0 Å². The molecule has 2 fully saturated rings. The Morgan fingerprint density at radius 2 is 1.74 bits per heavy atom. The van der Waals surface area contributed by atoms with Crippen molar-refractivity contribution in [1.29, 1.82) is 0 Å². The average molecular weight is 419 g/mol. The third kappa shape index (κ3) is 3.90. The van der Waals surface area contributed by atoms with Gasteiger partial charge in [0.05, 0.1) is 0 Å². The van der Waals surface area contributed by atoms with Crippen molar-refractivity contribution in [3.63, 3.8) is 0 Å². The van der Waals surface area contributed by atoms with Gasteiger partial charge in [-0.15, -0.1) is 5.10 Å². The van der Waals surface area contributed by atoms with E-state index in [0.717, 1.165) is 24.3 Å². The van der Waals surface area contributed by atoms with E-state index in [4.69, 9.17) is 0 Å². The number of hydrogen-bond acceptors (Lipinski definition) is 5. The number of carbonyl (C=O) groups is 2. The van der Waals surface area contributed by atoms with E-state index in [1.165, 1.54) is 0 Å². The van der Waals surface area contributed by atoms with Gasteiger partial charge in [-0.1, -0.05) is 24.3 Å². The minimum atomic E-state index is -0.00730. The van der Waals surface area contributed by atoms with Crippen LogP contribution in [0.4, 0.5) is 22.2 Å². The van der Waals surface area contributed by atoms with Gasteiger partial charge >= 0.3 is 6.03 Å². The first-order valence-electron chi connectivity index (χ1n) is 10.6. The second-order valence-corrected chi connectivity index (χ2v) is 8.00. The number of pyridine rings is 1. The maximum Gasteiger partial charge on any atom is 0.324 e. The summed E-state index contributed by atoms with van der Waals surface area (Å²) in [7, 11) is 1.80. The molecule has 1 saturated heterocycles. The Kier molecular flexibility index (Phi) is 4.93. The highest BCUT2D eigenvalue weighted by Gasteiger charge is 2.30. The minimum absolute atomic E-state index is 0.00473. The van der Waals surface area contributed by atoms with Gasteiger partial charge < -0.3 is 9.80 Å². The highest BCUT2D eigenvalue weighted by molar-refractivity contribution is 5.93. The summed E-state index contributed by atoms with van der Waals surface area (Å²) in [6.45, 7) is 2.62. The monoisotopic (exact) mass is 419 g/mol. The maximum absolute atomic E-state index is 12.9. The van der Waals surface area contributed by atoms with Crippen molar-refractivity contribution >= 4 is 35.0 Å². The number of rotatable bonds is 4. The van der Waals surface area contributed by atoms with Gasteiger partial charge in [0.15, 0.2) is 5.65 Å². The zero-order valence-corrected chi connectivity index (χ0v) is 17.4. The minimum Gasteiger partial charge on any atom is -0.353 e. The van der Waals surface area contributed by atoms with Gasteiger partial charge in [0, 0.05) is 44.8 Å². The number of para-hydroxylation sites is 1. The quantitative estimate of drug-likeness (QED) is 0.702. The second-order valence-electron chi connectivity index (χ2n) is 8.00. The first kappa shape index (κ1) is 19.3. The molecule has 9 nitrogen and oxygen atoms in total. The molecule has 1 aliphatic heterocycles. The van der Waals surface area contributed by atoms with E-state index in [1.807, 2.05) is 53.4 Å². The van der Waals surface area contributed by atoms with E-state index < -0.39 is 0 Å². The standard InChI is InChI=1S/C22H25N7O2/c1-26(17-6-3-2-4-7-17)22(31)28-14-12-27(13-15-28)19-9-5-8-18-23-21(25-29(18)19)24-20(30)16-10-11-16/h2-9,16H,10-15H2,1H3,(H,24,25,30). The van der Waals surface area contributed by atoms with E-state index in [2.05, 4.69) is 20.3 Å². The summed E-state index contributed by atoms with van der Waals surface area (Å²) in [5.41, 5.74) is 1.56. The first-order valence-corrected chi connectivity index (χ1v) is 10.6. The van der Waals surface area contributed by atoms with Crippen LogP contribution in [0.2, 0.25) is 0 Å². The van der Waals surface area contributed by atoms with Crippen LogP contribution in [0.5, 0.6) is 0 Å². The van der Waals surface area contributed by atoms with E-state index >= 15 is 0 Å². The molecule has 1 N–H and O–H groups in total. The molecule has 1 saturated carbocycles. The molecule has 3 heterocycles.